The van der Waals surface area contributed by atoms with E-state index in [1.54, 1.807) is 6.92 Å². The van der Waals surface area contributed by atoms with E-state index in [1.807, 2.05) is 0 Å². The first-order chi connectivity index (χ1) is 10.9. The van der Waals surface area contributed by atoms with Gasteiger partial charge in [-0.2, -0.15) is 0 Å². The highest BCUT2D eigenvalue weighted by Crippen LogP contribution is 2.22. The molecule has 2 rings (SSSR count). The van der Waals surface area contributed by atoms with Crippen LogP contribution in [0.3, 0.4) is 0 Å². The number of hydrogen-bond acceptors (Lipinski definition) is 3. The Morgan fingerprint density at radius 3 is 2.61 bits per heavy atom. The Labute approximate surface area is 130 Å². The Balaban J connectivity index is 1.89. The van der Waals surface area contributed by atoms with Gasteiger partial charge >= 0.3 is 5.97 Å². The highest BCUT2D eigenvalue weighted by molar-refractivity contribution is 5.84. The van der Waals surface area contributed by atoms with Gasteiger partial charge in [-0.3, -0.25) is 4.79 Å². The summed E-state index contributed by atoms with van der Waals surface area (Å²) in [6.07, 6.45) is 0.00898. The Kier molecular flexibility index (Phi) is 5.10. The summed E-state index contributed by atoms with van der Waals surface area (Å²) >= 11 is 0. The van der Waals surface area contributed by atoms with Gasteiger partial charge in [0.05, 0.1) is 6.54 Å². The molecule has 1 aromatic heterocycles. The van der Waals surface area contributed by atoms with Crippen LogP contribution in [-0.2, 0) is 11.3 Å². The predicted octanol–water partition coefficient (Wildman–Crippen LogP) is 3.07. The molecule has 0 saturated carbocycles. The van der Waals surface area contributed by atoms with Gasteiger partial charge in [0.25, 0.3) is 0 Å². The number of carboxylic acids is 1. The summed E-state index contributed by atoms with van der Waals surface area (Å²) in [5.74, 6) is -3.25. The molecule has 7 heteroatoms. The van der Waals surface area contributed by atoms with Gasteiger partial charge in [0.15, 0.2) is 0 Å². The van der Waals surface area contributed by atoms with Gasteiger partial charge in [-0.25, -0.2) is 13.6 Å². The Morgan fingerprint density at radius 1 is 1.26 bits per heavy atom. The number of nitrogens with one attached hydrogen (secondary N) is 1. The summed E-state index contributed by atoms with van der Waals surface area (Å²) in [5, 5.41) is 11.3. The number of aromatic carboxylic acids is 1. The normalized spacial score (nSPS) is 12.0. The first-order valence-electron chi connectivity index (χ1n) is 6.90. The molecule has 1 heterocycles. The van der Waals surface area contributed by atoms with Crippen molar-refractivity contribution in [2.45, 2.75) is 25.8 Å². The number of halogens is 2. The molecule has 0 bridgehead atoms. The maximum atomic E-state index is 13.6. The molecular formula is C16H15F2NO4. The van der Waals surface area contributed by atoms with Crippen LogP contribution in [0, 0.1) is 11.6 Å². The summed E-state index contributed by atoms with van der Waals surface area (Å²) in [6.45, 7) is 1.69. The SMILES string of the molecule is CC(CC(=O)NCc1ccc(C(=O)O)o1)c1ccc(F)cc1F. The van der Waals surface area contributed by atoms with Crippen molar-refractivity contribution in [3.05, 3.63) is 59.1 Å². The zero-order chi connectivity index (χ0) is 17.0. The van der Waals surface area contributed by atoms with Gasteiger partial charge < -0.3 is 14.8 Å². The van der Waals surface area contributed by atoms with Crippen molar-refractivity contribution >= 4 is 11.9 Å². The fourth-order valence-electron chi connectivity index (χ4n) is 2.13. The lowest BCUT2D eigenvalue weighted by Gasteiger charge is -2.12. The van der Waals surface area contributed by atoms with Crippen LogP contribution in [0.4, 0.5) is 8.78 Å². The van der Waals surface area contributed by atoms with E-state index in [9.17, 15) is 18.4 Å². The second kappa shape index (κ2) is 7.04. The smallest absolute Gasteiger partial charge is 0.371 e. The van der Waals surface area contributed by atoms with Crippen molar-refractivity contribution in [1.29, 1.82) is 0 Å². The maximum absolute atomic E-state index is 13.6. The number of carbonyl (C=O) groups is 2. The quantitative estimate of drug-likeness (QED) is 0.856. The Hall–Kier alpha value is -2.70. The molecule has 2 aromatic rings. The minimum atomic E-state index is -1.19. The molecular weight excluding hydrogens is 308 g/mol. The van der Waals surface area contributed by atoms with E-state index in [0.717, 1.165) is 12.1 Å². The van der Waals surface area contributed by atoms with Crippen LogP contribution in [-0.4, -0.2) is 17.0 Å². The van der Waals surface area contributed by atoms with Crippen molar-refractivity contribution in [3.63, 3.8) is 0 Å². The fourth-order valence-corrected chi connectivity index (χ4v) is 2.13. The molecule has 0 fully saturated rings. The van der Waals surface area contributed by atoms with Crippen molar-refractivity contribution in [2.24, 2.45) is 0 Å². The summed E-state index contributed by atoms with van der Waals surface area (Å²) in [6, 6.07) is 5.98. The number of amides is 1. The Morgan fingerprint density at radius 2 is 2.00 bits per heavy atom. The van der Waals surface area contributed by atoms with Gasteiger partial charge in [0.1, 0.15) is 17.4 Å². The lowest BCUT2D eigenvalue weighted by Crippen LogP contribution is -2.24. The first kappa shape index (κ1) is 16.7. The average Bonchev–Trinajstić information content (AvgIpc) is 2.94. The zero-order valence-electron chi connectivity index (χ0n) is 12.3. The number of hydrogen-bond donors (Lipinski definition) is 2. The Bertz CT molecular complexity index is 727. The summed E-state index contributed by atoms with van der Waals surface area (Å²) < 4.78 is 31.5. The molecule has 0 aliphatic rings. The molecule has 0 saturated heterocycles. The van der Waals surface area contributed by atoms with Crippen molar-refractivity contribution in [1.82, 2.24) is 5.32 Å². The van der Waals surface area contributed by atoms with Crippen LogP contribution < -0.4 is 5.32 Å². The standard InChI is InChI=1S/C16H15F2NO4/c1-9(12-4-2-10(17)7-13(12)18)6-15(20)19-8-11-3-5-14(23-11)16(21)22/h2-5,7,9H,6,8H2,1H3,(H,19,20)(H,21,22). The topological polar surface area (TPSA) is 79.5 Å². The predicted molar refractivity (Wildman–Crippen MR) is 76.9 cm³/mol. The molecule has 1 unspecified atom stereocenters. The second-order valence-electron chi connectivity index (χ2n) is 5.12. The molecule has 0 spiro atoms. The van der Waals surface area contributed by atoms with Crippen LogP contribution in [0.15, 0.2) is 34.7 Å². The number of furan rings is 1. The molecule has 1 amide bonds. The van der Waals surface area contributed by atoms with E-state index in [1.165, 1.54) is 18.2 Å². The molecule has 1 atom stereocenters. The van der Waals surface area contributed by atoms with E-state index < -0.39 is 23.5 Å². The van der Waals surface area contributed by atoms with E-state index >= 15 is 0 Å². The van der Waals surface area contributed by atoms with Gasteiger partial charge in [0.2, 0.25) is 11.7 Å². The number of rotatable bonds is 6. The summed E-state index contributed by atoms with van der Waals surface area (Å²) in [4.78, 5) is 22.5. The molecule has 0 radical (unpaired) electrons. The number of carbonyl (C=O) groups excluding carboxylic acids is 1. The van der Waals surface area contributed by atoms with E-state index in [-0.39, 0.29) is 30.2 Å². The van der Waals surface area contributed by atoms with E-state index in [2.05, 4.69) is 5.32 Å². The largest absolute Gasteiger partial charge is 0.475 e. The van der Waals surface area contributed by atoms with Crippen molar-refractivity contribution in [2.75, 3.05) is 0 Å². The first-order valence-corrected chi connectivity index (χ1v) is 6.90. The third kappa shape index (κ3) is 4.38. The van der Waals surface area contributed by atoms with Crippen LogP contribution in [0.1, 0.15) is 41.1 Å². The molecule has 1 aromatic carbocycles. The highest BCUT2D eigenvalue weighted by Gasteiger charge is 2.16. The minimum absolute atomic E-state index is 0.00898. The number of carboxylic acid groups (broad SMARTS) is 1. The van der Waals surface area contributed by atoms with E-state index in [4.69, 9.17) is 9.52 Å². The fraction of sp³-hybridized carbons (Fsp3) is 0.250. The molecule has 5 nitrogen and oxygen atoms in total. The highest BCUT2D eigenvalue weighted by atomic mass is 19.1. The summed E-state index contributed by atoms with van der Waals surface area (Å²) in [5.41, 5.74) is 0.257. The van der Waals surface area contributed by atoms with Crippen LogP contribution in [0.2, 0.25) is 0 Å². The van der Waals surface area contributed by atoms with Gasteiger partial charge in [-0.05, 0) is 29.7 Å². The average molecular weight is 323 g/mol. The monoisotopic (exact) mass is 323 g/mol. The third-order valence-electron chi connectivity index (χ3n) is 3.32. The van der Waals surface area contributed by atoms with Crippen molar-refractivity contribution < 1.29 is 27.9 Å². The van der Waals surface area contributed by atoms with E-state index in [0.29, 0.717) is 5.76 Å². The van der Waals surface area contributed by atoms with Crippen LogP contribution in [0.5, 0.6) is 0 Å². The van der Waals surface area contributed by atoms with Gasteiger partial charge in [-0.1, -0.05) is 13.0 Å². The van der Waals surface area contributed by atoms with Crippen LogP contribution >= 0.6 is 0 Å². The van der Waals surface area contributed by atoms with Gasteiger partial charge in [-0.15, -0.1) is 0 Å². The lowest BCUT2D eigenvalue weighted by atomic mass is 9.97. The molecule has 2 N–H and O–H groups in total. The molecule has 122 valence electrons. The third-order valence-corrected chi connectivity index (χ3v) is 3.32. The van der Waals surface area contributed by atoms with Gasteiger partial charge in [0, 0.05) is 12.5 Å². The lowest BCUT2D eigenvalue weighted by molar-refractivity contribution is -0.121. The molecule has 23 heavy (non-hydrogen) atoms. The summed E-state index contributed by atoms with van der Waals surface area (Å²) in [7, 11) is 0. The number of benzene rings is 1. The minimum Gasteiger partial charge on any atom is -0.475 e. The van der Waals surface area contributed by atoms with Crippen LogP contribution in [0.25, 0.3) is 0 Å². The maximum Gasteiger partial charge on any atom is 0.371 e. The second-order valence-corrected chi connectivity index (χ2v) is 5.12. The molecule has 0 aliphatic carbocycles. The molecule has 0 aliphatic heterocycles. The zero-order valence-corrected chi connectivity index (χ0v) is 12.3. The van der Waals surface area contributed by atoms with Crippen molar-refractivity contribution in [3.8, 4) is 0 Å².